The fourth-order valence-electron chi connectivity index (χ4n) is 4.57. The molecule has 1 saturated heterocycles. The number of hydrogen-bond donors (Lipinski definition) is 2. The second kappa shape index (κ2) is 10.0. The maximum atomic E-state index is 12.2. The Bertz CT molecular complexity index is 1360. The highest BCUT2D eigenvalue weighted by molar-refractivity contribution is 5.92. The fraction of sp³-hybridized carbons (Fsp3) is 0.333. The number of pyridine rings is 1. The number of aromatic nitrogens is 4. The minimum atomic E-state index is 0.0830. The van der Waals surface area contributed by atoms with Gasteiger partial charge in [-0.1, -0.05) is 18.6 Å². The number of nitrogens with one attached hydrogen (secondary N) is 2. The van der Waals surface area contributed by atoms with E-state index in [1.54, 1.807) is 6.20 Å². The van der Waals surface area contributed by atoms with Gasteiger partial charge in [0.05, 0.1) is 25.1 Å². The van der Waals surface area contributed by atoms with Gasteiger partial charge in [0.25, 0.3) is 0 Å². The number of carbonyl (C=O) groups excluding carboxylic acids is 1. The second-order valence-corrected chi connectivity index (χ2v) is 9.39. The van der Waals surface area contributed by atoms with Crippen molar-refractivity contribution in [2.45, 2.75) is 25.8 Å². The van der Waals surface area contributed by atoms with Crippen molar-refractivity contribution in [3.05, 3.63) is 66.6 Å². The summed E-state index contributed by atoms with van der Waals surface area (Å²) in [7, 11) is 0. The van der Waals surface area contributed by atoms with Crippen LogP contribution in [0.15, 0.2) is 61.1 Å². The van der Waals surface area contributed by atoms with E-state index in [0.29, 0.717) is 11.6 Å². The van der Waals surface area contributed by atoms with Crippen LogP contribution in [-0.4, -0.2) is 56.6 Å². The molecule has 1 saturated carbocycles. The monoisotopic (exact) mass is 483 g/mol. The van der Waals surface area contributed by atoms with Crippen LogP contribution in [0.5, 0.6) is 0 Å². The zero-order chi connectivity index (χ0) is 24.3. The van der Waals surface area contributed by atoms with Crippen LogP contribution in [0.2, 0.25) is 0 Å². The molecule has 2 N–H and O–H groups in total. The Kier molecular flexibility index (Phi) is 6.31. The van der Waals surface area contributed by atoms with Gasteiger partial charge in [-0.05, 0) is 48.7 Å². The van der Waals surface area contributed by atoms with Gasteiger partial charge in [-0.3, -0.25) is 14.3 Å². The van der Waals surface area contributed by atoms with Crippen LogP contribution < -0.4 is 10.6 Å². The predicted molar refractivity (Wildman–Crippen MR) is 138 cm³/mol. The summed E-state index contributed by atoms with van der Waals surface area (Å²) in [6.45, 7) is 4.38. The summed E-state index contributed by atoms with van der Waals surface area (Å²) in [5.74, 6) is 1.47. The number of fused-ring (bicyclic) bond motifs is 1. The van der Waals surface area contributed by atoms with Crippen molar-refractivity contribution in [2.24, 2.45) is 5.92 Å². The third kappa shape index (κ3) is 4.93. The molecular weight excluding hydrogens is 454 g/mol. The van der Waals surface area contributed by atoms with Gasteiger partial charge >= 0.3 is 0 Å². The van der Waals surface area contributed by atoms with E-state index in [-0.39, 0.29) is 11.8 Å². The van der Waals surface area contributed by atoms with Gasteiger partial charge in [-0.25, -0.2) is 9.97 Å². The Morgan fingerprint density at radius 3 is 2.69 bits per heavy atom. The first-order chi connectivity index (χ1) is 17.7. The Hall–Kier alpha value is -3.82. The van der Waals surface area contributed by atoms with Gasteiger partial charge in [0.15, 0.2) is 5.65 Å². The van der Waals surface area contributed by atoms with Gasteiger partial charge in [0, 0.05) is 49.0 Å². The molecule has 1 aliphatic carbocycles. The quantitative estimate of drug-likeness (QED) is 0.408. The van der Waals surface area contributed by atoms with Crippen molar-refractivity contribution in [1.29, 1.82) is 0 Å². The van der Waals surface area contributed by atoms with Crippen molar-refractivity contribution in [3.63, 3.8) is 0 Å². The number of rotatable bonds is 7. The topological polar surface area (TPSA) is 97.2 Å². The van der Waals surface area contributed by atoms with Crippen molar-refractivity contribution in [2.75, 3.05) is 36.9 Å². The van der Waals surface area contributed by atoms with Crippen molar-refractivity contribution >= 4 is 34.3 Å². The van der Waals surface area contributed by atoms with Crippen LogP contribution in [0.4, 0.5) is 17.3 Å². The molecule has 3 aromatic heterocycles. The molecule has 0 radical (unpaired) electrons. The summed E-state index contributed by atoms with van der Waals surface area (Å²) in [5, 5.41) is 7.23. The number of amides is 1. The van der Waals surface area contributed by atoms with Crippen molar-refractivity contribution in [1.82, 2.24) is 24.4 Å². The first kappa shape index (κ1) is 22.6. The number of benzene rings is 1. The summed E-state index contributed by atoms with van der Waals surface area (Å²) in [6.07, 6.45) is 8.52. The number of anilines is 3. The van der Waals surface area contributed by atoms with E-state index in [0.717, 1.165) is 74.6 Å². The van der Waals surface area contributed by atoms with Crippen LogP contribution >= 0.6 is 0 Å². The van der Waals surface area contributed by atoms with Gasteiger partial charge in [-0.15, -0.1) is 0 Å². The summed E-state index contributed by atoms with van der Waals surface area (Å²) >= 11 is 0. The molecule has 1 amide bonds. The minimum absolute atomic E-state index is 0.0830. The Morgan fingerprint density at radius 2 is 1.92 bits per heavy atom. The molecule has 6 rings (SSSR count). The molecule has 2 aliphatic rings. The summed E-state index contributed by atoms with van der Waals surface area (Å²) < 4.78 is 7.38. The first-order valence-corrected chi connectivity index (χ1v) is 12.5. The number of ether oxygens (including phenoxy) is 1. The zero-order valence-electron chi connectivity index (χ0n) is 20.1. The SMILES string of the molecule is O=C(Nc1ccc(-n2ccc3cnc(Nc4cccc(CN5CCOCC5)c4)nc32)nc1)C1CCC1. The highest BCUT2D eigenvalue weighted by Gasteiger charge is 2.25. The third-order valence-corrected chi connectivity index (χ3v) is 6.86. The van der Waals surface area contributed by atoms with E-state index in [1.165, 1.54) is 5.56 Å². The van der Waals surface area contributed by atoms with E-state index in [2.05, 4.69) is 43.7 Å². The van der Waals surface area contributed by atoms with E-state index in [1.807, 2.05) is 41.2 Å². The molecule has 0 unspecified atom stereocenters. The molecule has 1 aromatic carbocycles. The van der Waals surface area contributed by atoms with Crippen molar-refractivity contribution in [3.8, 4) is 5.82 Å². The average Bonchev–Trinajstić information content (AvgIpc) is 3.28. The maximum Gasteiger partial charge on any atom is 0.229 e. The lowest BCUT2D eigenvalue weighted by atomic mass is 9.85. The minimum Gasteiger partial charge on any atom is -0.379 e. The molecule has 36 heavy (non-hydrogen) atoms. The summed E-state index contributed by atoms with van der Waals surface area (Å²) in [5.41, 5.74) is 3.65. The van der Waals surface area contributed by atoms with Crippen molar-refractivity contribution < 1.29 is 9.53 Å². The molecule has 1 aliphatic heterocycles. The van der Waals surface area contributed by atoms with Gasteiger partial charge in [-0.2, -0.15) is 4.98 Å². The largest absolute Gasteiger partial charge is 0.379 e. The first-order valence-electron chi connectivity index (χ1n) is 12.5. The number of morpholine rings is 1. The normalized spacial score (nSPS) is 16.6. The van der Waals surface area contributed by atoms with E-state index in [4.69, 9.17) is 9.72 Å². The molecule has 0 atom stereocenters. The number of hydrogen-bond acceptors (Lipinski definition) is 7. The van der Waals surface area contributed by atoms with Gasteiger partial charge < -0.3 is 15.4 Å². The van der Waals surface area contributed by atoms with Gasteiger partial charge in [0.2, 0.25) is 11.9 Å². The Balaban J connectivity index is 1.18. The smallest absolute Gasteiger partial charge is 0.229 e. The standard InChI is InChI=1S/C27H29N7O2/c35-26(20-4-2-5-20)30-23-7-8-24(28-17-23)34-10-9-21-16-29-27(32-25(21)34)31-22-6-1-3-19(15-22)18-33-11-13-36-14-12-33/h1,3,6-10,15-17,20H,2,4-5,11-14,18H2,(H,30,35)(H,29,31,32). The molecule has 4 aromatic rings. The molecule has 184 valence electrons. The van der Waals surface area contributed by atoms with E-state index < -0.39 is 0 Å². The van der Waals surface area contributed by atoms with E-state index >= 15 is 0 Å². The maximum absolute atomic E-state index is 12.2. The average molecular weight is 484 g/mol. The van der Waals surface area contributed by atoms with E-state index in [9.17, 15) is 4.79 Å². The summed E-state index contributed by atoms with van der Waals surface area (Å²) in [6, 6.07) is 14.1. The molecule has 4 heterocycles. The summed E-state index contributed by atoms with van der Waals surface area (Å²) in [4.78, 5) is 28.4. The fourth-order valence-corrected chi connectivity index (χ4v) is 4.57. The van der Waals surface area contributed by atoms with Crippen LogP contribution in [0.3, 0.4) is 0 Å². The Morgan fingerprint density at radius 1 is 1.03 bits per heavy atom. The number of carbonyl (C=O) groups is 1. The highest BCUT2D eigenvalue weighted by atomic mass is 16.5. The second-order valence-electron chi connectivity index (χ2n) is 9.39. The molecule has 2 fully saturated rings. The molecule has 9 heteroatoms. The highest BCUT2D eigenvalue weighted by Crippen LogP contribution is 2.28. The van der Waals surface area contributed by atoms with Crippen LogP contribution in [0.1, 0.15) is 24.8 Å². The lowest BCUT2D eigenvalue weighted by molar-refractivity contribution is -0.122. The number of nitrogens with zero attached hydrogens (tertiary/aromatic N) is 5. The third-order valence-electron chi connectivity index (χ3n) is 6.86. The van der Waals surface area contributed by atoms with Crippen LogP contribution in [-0.2, 0) is 16.1 Å². The Labute approximate surface area is 209 Å². The molecular formula is C27H29N7O2. The lowest BCUT2D eigenvalue weighted by Gasteiger charge is -2.26. The zero-order valence-corrected chi connectivity index (χ0v) is 20.1. The predicted octanol–water partition coefficient (Wildman–Crippen LogP) is 4.13. The van der Waals surface area contributed by atoms with Gasteiger partial charge in [0.1, 0.15) is 5.82 Å². The van der Waals surface area contributed by atoms with Crippen LogP contribution in [0.25, 0.3) is 16.9 Å². The van der Waals surface area contributed by atoms with Crippen LogP contribution in [0, 0.1) is 5.92 Å². The molecule has 9 nitrogen and oxygen atoms in total. The lowest BCUT2D eigenvalue weighted by Crippen LogP contribution is -2.35. The molecule has 0 bridgehead atoms. The molecule has 0 spiro atoms.